The maximum absolute atomic E-state index is 12.5. The zero-order valence-corrected chi connectivity index (χ0v) is 16.0. The predicted octanol–water partition coefficient (Wildman–Crippen LogP) is 1.99. The third-order valence-corrected chi connectivity index (χ3v) is 7.62. The molecule has 0 aromatic carbocycles. The first kappa shape index (κ1) is 18.0. The van der Waals surface area contributed by atoms with Crippen LogP contribution >= 0.6 is 0 Å². The van der Waals surface area contributed by atoms with Crippen molar-refractivity contribution >= 4 is 11.9 Å². The number of allylic oxidation sites excluding steroid dienone is 1. The standard InChI is InChI=1S/C20H28O6/c1-6-9(2)17(22)24-13-7-11-10(3)18(23)25-15(11)16-19(13,4)12(21)8-14-20(16,5)26-14/h6,10-16,21H,7-8H2,1-5H3. The van der Waals surface area contributed by atoms with Crippen molar-refractivity contribution < 1.29 is 28.9 Å². The highest BCUT2D eigenvalue weighted by molar-refractivity contribution is 5.87. The average Bonchev–Trinajstić information content (AvgIpc) is 3.17. The number of ether oxygens (including phenoxy) is 3. The summed E-state index contributed by atoms with van der Waals surface area (Å²) in [7, 11) is 0. The molecule has 4 fully saturated rings. The molecule has 4 aliphatic rings. The number of aliphatic hydroxyl groups excluding tert-OH is 1. The lowest BCUT2D eigenvalue weighted by Gasteiger charge is -2.56. The molecule has 6 nitrogen and oxygen atoms in total. The molecule has 2 saturated carbocycles. The Morgan fingerprint density at radius 3 is 2.69 bits per heavy atom. The van der Waals surface area contributed by atoms with Crippen molar-refractivity contribution in [1.82, 2.24) is 0 Å². The maximum atomic E-state index is 12.5. The molecule has 2 saturated heterocycles. The first-order valence-corrected chi connectivity index (χ1v) is 9.54. The van der Waals surface area contributed by atoms with Gasteiger partial charge in [0.1, 0.15) is 12.2 Å². The quantitative estimate of drug-likeness (QED) is 0.458. The van der Waals surface area contributed by atoms with Gasteiger partial charge in [-0.05, 0) is 27.2 Å². The van der Waals surface area contributed by atoms with Crippen molar-refractivity contribution in [2.45, 2.75) is 77.5 Å². The number of aliphatic hydroxyl groups is 1. The monoisotopic (exact) mass is 364 g/mol. The van der Waals surface area contributed by atoms with Crippen LogP contribution in [0.4, 0.5) is 0 Å². The zero-order valence-electron chi connectivity index (χ0n) is 16.0. The molecule has 0 radical (unpaired) electrons. The van der Waals surface area contributed by atoms with Crippen molar-refractivity contribution in [2.24, 2.45) is 23.2 Å². The summed E-state index contributed by atoms with van der Waals surface area (Å²) in [6.07, 6.45) is 1.27. The zero-order chi connectivity index (χ0) is 19.0. The first-order chi connectivity index (χ1) is 12.1. The van der Waals surface area contributed by atoms with Crippen molar-refractivity contribution in [1.29, 1.82) is 0 Å². The van der Waals surface area contributed by atoms with Crippen molar-refractivity contribution in [3.05, 3.63) is 11.6 Å². The largest absolute Gasteiger partial charge is 0.461 e. The summed E-state index contributed by atoms with van der Waals surface area (Å²) in [6.45, 7) is 9.38. The lowest BCUT2D eigenvalue weighted by atomic mass is 9.51. The van der Waals surface area contributed by atoms with Gasteiger partial charge in [-0.1, -0.05) is 19.9 Å². The van der Waals surface area contributed by atoms with E-state index in [-0.39, 0.29) is 41.9 Å². The van der Waals surface area contributed by atoms with Crippen LogP contribution in [0.3, 0.4) is 0 Å². The van der Waals surface area contributed by atoms with Crippen molar-refractivity contribution in [3.8, 4) is 0 Å². The van der Waals surface area contributed by atoms with E-state index in [1.165, 1.54) is 0 Å². The second-order valence-electron chi connectivity index (χ2n) is 8.84. The fourth-order valence-electron chi connectivity index (χ4n) is 5.66. The molecule has 0 amide bonds. The summed E-state index contributed by atoms with van der Waals surface area (Å²) < 4.78 is 17.6. The second-order valence-corrected chi connectivity index (χ2v) is 8.84. The van der Waals surface area contributed by atoms with Gasteiger partial charge in [-0.2, -0.15) is 0 Å². The molecule has 9 atom stereocenters. The summed E-state index contributed by atoms with van der Waals surface area (Å²) in [5.41, 5.74) is -0.616. The van der Waals surface area contributed by atoms with Gasteiger partial charge in [0, 0.05) is 29.2 Å². The minimum atomic E-state index is -0.711. The molecule has 0 bridgehead atoms. The number of carbonyl (C=O) groups excluding carboxylic acids is 2. The van der Waals surface area contributed by atoms with E-state index in [4.69, 9.17) is 14.2 Å². The van der Waals surface area contributed by atoms with Crippen LogP contribution in [0.2, 0.25) is 0 Å². The third kappa shape index (κ3) is 2.18. The van der Waals surface area contributed by atoms with E-state index in [1.54, 1.807) is 19.9 Å². The maximum Gasteiger partial charge on any atom is 0.333 e. The van der Waals surface area contributed by atoms with Crippen LogP contribution in [0.25, 0.3) is 0 Å². The van der Waals surface area contributed by atoms with E-state index in [0.29, 0.717) is 18.4 Å². The molecule has 2 aliphatic carbocycles. The summed E-state index contributed by atoms with van der Waals surface area (Å²) in [6, 6.07) is 0. The Balaban J connectivity index is 1.74. The van der Waals surface area contributed by atoms with Crippen LogP contribution in [0.15, 0.2) is 11.6 Å². The fourth-order valence-corrected chi connectivity index (χ4v) is 5.66. The molecule has 2 aliphatic heterocycles. The highest BCUT2D eigenvalue weighted by Crippen LogP contribution is 2.66. The molecule has 1 N–H and O–H groups in total. The van der Waals surface area contributed by atoms with E-state index in [9.17, 15) is 14.7 Å². The van der Waals surface area contributed by atoms with Crippen LogP contribution in [0.5, 0.6) is 0 Å². The van der Waals surface area contributed by atoms with E-state index in [2.05, 4.69) is 0 Å². The summed E-state index contributed by atoms with van der Waals surface area (Å²) in [4.78, 5) is 24.7. The Kier molecular flexibility index (Phi) is 3.84. The minimum Gasteiger partial charge on any atom is -0.461 e. The third-order valence-electron chi connectivity index (χ3n) is 7.62. The van der Waals surface area contributed by atoms with Crippen LogP contribution in [0.1, 0.15) is 47.5 Å². The lowest BCUT2D eigenvalue weighted by molar-refractivity contribution is -0.209. The second kappa shape index (κ2) is 5.55. The number of fused-ring (bicyclic) bond motifs is 5. The van der Waals surface area contributed by atoms with Gasteiger partial charge in [-0.3, -0.25) is 4.79 Å². The molecule has 26 heavy (non-hydrogen) atoms. The predicted molar refractivity (Wildman–Crippen MR) is 92.0 cm³/mol. The molecular formula is C20H28O6. The Morgan fingerprint density at radius 1 is 1.35 bits per heavy atom. The number of carbonyl (C=O) groups is 2. The number of epoxide rings is 1. The highest BCUT2D eigenvalue weighted by atomic mass is 16.6. The van der Waals surface area contributed by atoms with Gasteiger partial charge in [-0.25, -0.2) is 4.79 Å². The van der Waals surface area contributed by atoms with Gasteiger partial charge < -0.3 is 19.3 Å². The van der Waals surface area contributed by atoms with Gasteiger partial charge >= 0.3 is 11.9 Å². The molecule has 144 valence electrons. The minimum absolute atomic E-state index is 0.0300. The van der Waals surface area contributed by atoms with Gasteiger partial charge in [0.15, 0.2) is 0 Å². The van der Waals surface area contributed by atoms with Crippen molar-refractivity contribution in [3.63, 3.8) is 0 Å². The Hall–Kier alpha value is -1.40. The van der Waals surface area contributed by atoms with Gasteiger partial charge in [0.25, 0.3) is 0 Å². The lowest BCUT2D eigenvalue weighted by Crippen LogP contribution is -2.65. The normalized spacial score (nSPS) is 52.5. The summed E-state index contributed by atoms with van der Waals surface area (Å²) >= 11 is 0. The number of hydrogen-bond donors (Lipinski definition) is 1. The summed E-state index contributed by atoms with van der Waals surface area (Å²) in [5, 5.41) is 11.0. The molecule has 9 unspecified atom stereocenters. The average molecular weight is 364 g/mol. The Morgan fingerprint density at radius 2 is 2.04 bits per heavy atom. The van der Waals surface area contributed by atoms with E-state index >= 15 is 0 Å². The van der Waals surface area contributed by atoms with E-state index in [0.717, 1.165) is 0 Å². The first-order valence-electron chi connectivity index (χ1n) is 9.54. The molecule has 0 spiro atoms. The van der Waals surface area contributed by atoms with Crippen LogP contribution in [-0.4, -0.2) is 47.1 Å². The molecule has 4 rings (SSSR count). The van der Waals surface area contributed by atoms with Crippen LogP contribution in [-0.2, 0) is 23.8 Å². The Bertz CT molecular complexity index is 686. The number of rotatable bonds is 2. The SMILES string of the molecule is CC=C(C)C(=O)OC1CC2C(C)C(=O)OC2C2C3(C)OC3CC(O)C12C. The van der Waals surface area contributed by atoms with Gasteiger partial charge in [0.05, 0.1) is 23.7 Å². The smallest absolute Gasteiger partial charge is 0.333 e. The topological polar surface area (TPSA) is 85.4 Å². The molecule has 0 aromatic rings. The number of hydrogen-bond acceptors (Lipinski definition) is 6. The number of esters is 2. The molecule has 2 heterocycles. The van der Waals surface area contributed by atoms with Crippen LogP contribution < -0.4 is 0 Å². The van der Waals surface area contributed by atoms with E-state index in [1.807, 2.05) is 20.8 Å². The highest BCUT2D eigenvalue weighted by Gasteiger charge is 2.76. The molecular weight excluding hydrogens is 336 g/mol. The summed E-state index contributed by atoms with van der Waals surface area (Å²) in [5.74, 6) is -1.05. The fraction of sp³-hybridized carbons (Fsp3) is 0.800. The van der Waals surface area contributed by atoms with Gasteiger partial charge in [0.2, 0.25) is 0 Å². The Labute approximate surface area is 153 Å². The molecule has 6 heteroatoms. The van der Waals surface area contributed by atoms with Crippen molar-refractivity contribution in [2.75, 3.05) is 0 Å². The molecule has 0 aromatic heterocycles. The van der Waals surface area contributed by atoms with E-state index < -0.39 is 23.2 Å². The van der Waals surface area contributed by atoms with Crippen LogP contribution in [0, 0.1) is 23.2 Å². The van der Waals surface area contributed by atoms with Gasteiger partial charge in [-0.15, -0.1) is 0 Å².